The lowest BCUT2D eigenvalue weighted by atomic mass is 9.95. The van der Waals surface area contributed by atoms with Crippen molar-refractivity contribution in [1.82, 2.24) is 9.21 Å². The van der Waals surface area contributed by atoms with E-state index >= 15 is 0 Å². The summed E-state index contributed by atoms with van der Waals surface area (Å²) in [5, 5.41) is 1.82. The third kappa shape index (κ3) is 2.96. The Labute approximate surface area is 155 Å². The summed E-state index contributed by atoms with van der Waals surface area (Å²) >= 11 is 0. The van der Waals surface area contributed by atoms with E-state index < -0.39 is 10.0 Å². The molecule has 4 nitrogen and oxygen atoms in total. The molecule has 3 heterocycles. The smallest absolute Gasteiger partial charge is 0.243 e. The average molecular weight is 371 g/mol. The molecular weight excluding hydrogens is 344 g/mol. The van der Waals surface area contributed by atoms with E-state index in [0.717, 1.165) is 36.1 Å². The molecule has 2 bridgehead atoms. The molecule has 0 radical (unpaired) electrons. The molecule has 0 unspecified atom stereocenters. The Morgan fingerprint density at radius 2 is 1.69 bits per heavy atom. The first kappa shape index (κ1) is 16.7. The Bertz CT molecular complexity index is 917. The molecule has 5 heteroatoms. The Balaban J connectivity index is 1.48. The monoisotopic (exact) mass is 370 g/mol. The fraction of sp³-hybridized carbons (Fsp3) is 0.524. The van der Waals surface area contributed by atoms with Crippen LogP contribution in [-0.4, -0.2) is 49.8 Å². The van der Waals surface area contributed by atoms with E-state index in [1.165, 1.54) is 19.4 Å². The van der Waals surface area contributed by atoms with Crippen LogP contribution < -0.4 is 0 Å². The van der Waals surface area contributed by atoms with Gasteiger partial charge in [0, 0.05) is 37.6 Å². The minimum atomic E-state index is -3.47. The van der Waals surface area contributed by atoms with Gasteiger partial charge in [0.25, 0.3) is 0 Å². The van der Waals surface area contributed by atoms with E-state index in [0.29, 0.717) is 29.9 Å². The second-order valence-electron chi connectivity index (χ2n) is 8.29. The number of sulfonamides is 1. The Hall–Kier alpha value is -1.43. The normalized spacial score (nSPS) is 27.7. The van der Waals surface area contributed by atoms with Gasteiger partial charge in [-0.1, -0.05) is 36.4 Å². The van der Waals surface area contributed by atoms with Crippen LogP contribution in [0.5, 0.6) is 0 Å². The fourth-order valence-electron chi connectivity index (χ4n) is 4.75. The summed E-state index contributed by atoms with van der Waals surface area (Å²) in [5.41, 5.74) is 0. The molecule has 2 aromatic rings. The van der Waals surface area contributed by atoms with Gasteiger partial charge in [-0.15, -0.1) is 0 Å². The lowest BCUT2D eigenvalue weighted by molar-refractivity contribution is 0.127. The summed E-state index contributed by atoms with van der Waals surface area (Å²) < 4.78 is 28.8. The third-order valence-electron chi connectivity index (χ3n) is 6.35. The molecule has 6 rings (SSSR count). The van der Waals surface area contributed by atoms with Gasteiger partial charge in [0.15, 0.2) is 0 Å². The van der Waals surface area contributed by atoms with Crippen LogP contribution in [0.1, 0.15) is 25.7 Å². The quantitative estimate of drug-likeness (QED) is 0.829. The van der Waals surface area contributed by atoms with E-state index in [1.807, 2.05) is 36.4 Å². The highest BCUT2D eigenvalue weighted by Gasteiger charge is 2.41. The Morgan fingerprint density at radius 3 is 2.54 bits per heavy atom. The van der Waals surface area contributed by atoms with Crippen LogP contribution >= 0.6 is 0 Å². The van der Waals surface area contributed by atoms with Crippen molar-refractivity contribution in [1.29, 1.82) is 0 Å². The highest BCUT2D eigenvalue weighted by Crippen LogP contribution is 2.36. The van der Waals surface area contributed by atoms with Crippen LogP contribution in [0.2, 0.25) is 0 Å². The average Bonchev–Trinajstić information content (AvgIpc) is 3.49. The first-order valence-electron chi connectivity index (χ1n) is 9.83. The number of hydrogen-bond donors (Lipinski definition) is 0. The Morgan fingerprint density at radius 1 is 0.885 bits per heavy atom. The molecule has 0 spiro atoms. The van der Waals surface area contributed by atoms with Crippen LogP contribution in [0.25, 0.3) is 10.8 Å². The summed E-state index contributed by atoms with van der Waals surface area (Å²) in [5.74, 6) is 1.33. The molecule has 1 saturated carbocycles. The maximum absolute atomic E-state index is 13.5. The van der Waals surface area contributed by atoms with Crippen molar-refractivity contribution in [3.05, 3.63) is 42.5 Å². The van der Waals surface area contributed by atoms with Gasteiger partial charge in [0.1, 0.15) is 0 Å². The van der Waals surface area contributed by atoms with Crippen LogP contribution in [0.4, 0.5) is 0 Å². The van der Waals surface area contributed by atoms with Crippen molar-refractivity contribution in [2.45, 2.75) is 36.6 Å². The zero-order chi connectivity index (χ0) is 17.7. The minimum absolute atomic E-state index is 0.388. The Kier molecular flexibility index (Phi) is 4.07. The lowest BCUT2D eigenvalue weighted by Crippen LogP contribution is -2.45. The molecule has 1 aliphatic carbocycles. The molecule has 3 saturated heterocycles. The number of nitrogens with zero attached hydrogens (tertiary/aromatic N) is 2. The van der Waals surface area contributed by atoms with E-state index in [9.17, 15) is 8.42 Å². The maximum Gasteiger partial charge on any atom is 0.243 e. The fourth-order valence-corrected chi connectivity index (χ4v) is 6.52. The van der Waals surface area contributed by atoms with E-state index in [-0.39, 0.29) is 0 Å². The summed E-state index contributed by atoms with van der Waals surface area (Å²) in [4.78, 5) is 3.05. The molecule has 4 fully saturated rings. The summed E-state index contributed by atoms with van der Waals surface area (Å²) in [6.07, 6.45) is 5.00. The molecule has 4 aliphatic rings. The van der Waals surface area contributed by atoms with Crippen molar-refractivity contribution >= 4 is 20.8 Å². The highest BCUT2D eigenvalue weighted by atomic mass is 32.2. The van der Waals surface area contributed by atoms with Crippen molar-refractivity contribution in [3.8, 4) is 0 Å². The summed E-state index contributed by atoms with van der Waals surface area (Å²) in [7, 11) is -3.47. The summed E-state index contributed by atoms with van der Waals surface area (Å²) in [6.45, 7) is 3.56. The number of piperidine rings is 1. The van der Waals surface area contributed by atoms with Gasteiger partial charge in [-0.3, -0.25) is 4.90 Å². The van der Waals surface area contributed by atoms with Crippen molar-refractivity contribution in [3.63, 3.8) is 0 Å². The van der Waals surface area contributed by atoms with E-state index in [4.69, 9.17) is 0 Å². The maximum atomic E-state index is 13.5. The first-order valence-corrected chi connectivity index (χ1v) is 11.3. The molecule has 0 aromatic heterocycles. The number of rotatable bonds is 4. The van der Waals surface area contributed by atoms with Gasteiger partial charge >= 0.3 is 0 Å². The van der Waals surface area contributed by atoms with Crippen LogP contribution in [0, 0.1) is 11.8 Å². The molecular formula is C21H26N2O2S. The summed E-state index contributed by atoms with van der Waals surface area (Å²) in [6, 6.07) is 13.8. The minimum Gasteiger partial charge on any atom is -0.298 e. The lowest BCUT2D eigenvalue weighted by Gasteiger charge is -2.36. The zero-order valence-corrected chi connectivity index (χ0v) is 15.9. The van der Waals surface area contributed by atoms with E-state index in [1.54, 1.807) is 10.4 Å². The van der Waals surface area contributed by atoms with Crippen molar-refractivity contribution < 1.29 is 8.42 Å². The predicted molar refractivity (Wildman–Crippen MR) is 104 cm³/mol. The molecule has 0 amide bonds. The molecule has 0 N–H and O–H groups in total. The topological polar surface area (TPSA) is 40.6 Å². The predicted octanol–water partition coefficient (Wildman–Crippen LogP) is 3.33. The van der Waals surface area contributed by atoms with Gasteiger partial charge in [0.05, 0.1) is 4.90 Å². The van der Waals surface area contributed by atoms with Gasteiger partial charge < -0.3 is 0 Å². The number of fused-ring (bicyclic) bond motifs is 5. The molecule has 2 aromatic carbocycles. The van der Waals surface area contributed by atoms with Gasteiger partial charge in [-0.2, -0.15) is 4.31 Å². The van der Waals surface area contributed by atoms with Crippen LogP contribution in [-0.2, 0) is 10.0 Å². The highest BCUT2D eigenvalue weighted by molar-refractivity contribution is 7.89. The second kappa shape index (κ2) is 6.32. The second-order valence-corrected chi connectivity index (χ2v) is 10.2. The third-order valence-corrected chi connectivity index (χ3v) is 8.24. The zero-order valence-electron chi connectivity index (χ0n) is 15.0. The SMILES string of the molecule is O=S(=O)(c1cccc2ccccc12)N1C[C@H]2CC[C@@H](C1)N(CC1CC1)C2. The molecule has 138 valence electrons. The number of hydrogen-bond acceptors (Lipinski definition) is 3. The standard InChI is InChI=1S/C21H26N2O2S/c24-26(25,21-7-3-5-18-4-1-2-6-20(18)21)23-14-17-10-11-19(15-23)22(13-17)12-16-8-9-16/h1-7,16-17,19H,8-15H2/t17-,19-/m0/s1. The molecule has 3 aliphatic heterocycles. The first-order chi connectivity index (χ1) is 12.6. The van der Waals surface area contributed by atoms with Gasteiger partial charge in [-0.05, 0) is 49.0 Å². The van der Waals surface area contributed by atoms with E-state index in [2.05, 4.69) is 4.90 Å². The van der Waals surface area contributed by atoms with Gasteiger partial charge in [0.2, 0.25) is 10.0 Å². The van der Waals surface area contributed by atoms with Crippen molar-refractivity contribution in [2.75, 3.05) is 26.2 Å². The largest absolute Gasteiger partial charge is 0.298 e. The van der Waals surface area contributed by atoms with Crippen LogP contribution in [0.15, 0.2) is 47.4 Å². The number of benzene rings is 2. The molecule has 2 atom stereocenters. The van der Waals surface area contributed by atoms with Crippen molar-refractivity contribution in [2.24, 2.45) is 11.8 Å². The molecule has 26 heavy (non-hydrogen) atoms. The van der Waals surface area contributed by atoms with Crippen LogP contribution in [0.3, 0.4) is 0 Å². The van der Waals surface area contributed by atoms with Gasteiger partial charge in [-0.25, -0.2) is 8.42 Å².